The quantitative estimate of drug-likeness (QED) is 0.422. The van der Waals surface area contributed by atoms with E-state index in [1.807, 2.05) is 26.0 Å². The van der Waals surface area contributed by atoms with Crippen molar-refractivity contribution in [2.45, 2.75) is 52.9 Å². The highest BCUT2D eigenvalue weighted by molar-refractivity contribution is 5.82. The van der Waals surface area contributed by atoms with Gasteiger partial charge in [0.1, 0.15) is 5.75 Å². The van der Waals surface area contributed by atoms with Gasteiger partial charge in [-0.15, -0.1) is 0 Å². The number of nitrogens with one attached hydrogen (secondary N) is 1. The molecule has 0 amide bonds. The summed E-state index contributed by atoms with van der Waals surface area (Å²) in [7, 11) is 0. The van der Waals surface area contributed by atoms with Gasteiger partial charge in [0.05, 0.1) is 12.4 Å². The van der Waals surface area contributed by atoms with Crippen molar-refractivity contribution in [1.29, 1.82) is 5.41 Å². The molecule has 0 aliphatic rings. The van der Waals surface area contributed by atoms with Gasteiger partial charge in [-0.1, -0.05) is 39.8 Å². The van der Waals surface area contributed by atoms with Gasteiger partial charge in [-0.3, -0.25) is 5.41 Å². The first-order valence-electron chi connectivity index (χ1n) is 7.44. The van der Waals surface area contributed by atoms with Gasteiger partial charge in [0.2, 0.25) is 0 Å². The molecule has 1 rings (SSSR count). The molecule has 0 saturated heterocycles. The normalized spacial score (nSPS) is 13.0. The van der Waals surface area contributed by atoms with Gasteiger partial charge in [0.15, 0.2) is 0 Å². The Kier molecular flexibility index (Phi) is 6.05. The average Bonchev–Trinajstić information content (AvgIpc) is 2.43. The molecule has 112 valence electrons. The molecule has 1 aromatic carbocycles. The zero-order valence-electron chi connectivity index (χ0n) is 13.2. The molecule has 0 heterocycles. The van der Waals surface area contributed by atoms with E-state index in [9.17, 15) is 0 Å². The minimum atomic E-state index is -0.232. The Morgan fingerprint density at radius 1 is 1.30 bits per heavy atom. The summed E-state index contributed by atoms with van der Waals surface area (Å²) in [5.74, 6) is 1.76. The Bertz CT molecular complexity index is 423. The summed E-state index contributed by atoms with van der Waals surface area (Å²) in [6.45, 7) is 9.09. The second-order valence-electron chi connectivity index (χ2n) is 6.13. The summed E-state index contributed by atoms with van der Waals surface area (Å²) in [5, 5.41) is 7.52. The molecule has 0 saturated carbocycles. The van der Waals surface area contributed by atoms with E-state index in [-0.39, 0.29) is 11.3 Å². The Morgan fingerprint density at radius 3 is 2.40 bits per heavy atom. The summed E-state index contributed by atoms with van der Waals surface area (Å²) >= 11 is 0. The topological polar surface area (TPSA) is 59.1 Å². The second kappa shape index (κ2) is 7.32. The lowest BCUT2D eigenvalue weighted by molar-refractivity contribution is 0.287. The fraction of sp³-hybridized carbons (Fsp3) is 0.588. The van der Waals surface area contributed by atoms with Crippen molar-refractivity contribution in [3.05, 3.63) is 29.8 Å². The molecule has 0 bridgehead atoms. The van der Waals surface area contributed by atoms with Crippen LogP contribution in [-0.2, 0) is 0 Å². The van der Waals surface area contributed by atoms with Gasteiger partial charge < -0.3 is 10.5 Å². The van der Waals surface area contributed by atoms with E-state index < -0.39 is 0 Å². The van der Waals surface area contributed by atoms with Crippen LogP contribution < -0.4 is 10.5 Å². The van der Waals surface area contributed by atoms with E-state index in [1.165, 1.54) is 5.56 Å². The van der Waals surface area contributed by atoms with Gasteiger partial charge in [0.25, 0.3) is 0 Å². The standard InChI is InChI=1S/C17H28N2O/c1-5-13(2)14-7-9-15(10-8-14)20-12-6-11-17(3,4)16(18)19/h7-10,13H,5-6,11-12H2,1-4H3,(H3,18,19). The first kappa shape index (κ1) is 16.5. The van der Waals surface area contributed by atoms with Crippen LogP contribution in [0.3, 0.4) is 0 Å². The number of hydrogen-bond donors (Lipinski definition) is 2. The highest BCUT2D eigenvalue weighted by atomic mass is 16.5. The Morgan fingerprint density at radius 2 is 1.90 bits per heavy atom. The van der Waals surface area contributed by atoms with E-state index in [1.54, 1.807) is 0 Å². The molecule has 1 atom stereocenters. The van der Waals surface area contributed by atoms with Crippen LogP contribution in [0.25, 0.3) is 0 Å². The molecule has 0 aliphatic heterocycles. The van der Waals surface area contributed by atoms with E-state index in [0.29, 0.717) is 12.5 Å². The van der Waals surface area contributed by atoms with Crippen molar-refractivity contribution >= 4 is 5.84 Å². The zero-order chi connectivity index (χ0) is 15.2. The minimum absolute atomic E-state index is 0.232. The fourth-order valence-corrected chi connectivity index (χ4v) is 1.97. The number of benzene rings is 1. The average molecular weight is 276 g/mol. The van der Waals surface area contributed by atoms with Gasteiger partial charge in [-0.25, -0.2) is 0 Å². The third-order valence-electron chi connectivity index (χ3n) is 4.01. The summed E-state index contributed by atoms with van der Waals surface area (Å²) in [5.41, 5.74) is 6.69. The van der Waals surface area contributed by atoms with E-state index in [4.69, 9.17) is 15.9 Å². The number of nitrogens with two attached hydrogens (primary N) is 1. The predicted octanol–water partition coefficient (Wildman–Crippen LogP) is 4.32. The van der Waals surface area contributed by atoms with Crippen LogP contribution in [0.15, 0.2) is 24.3 Å². The zero-order valence-corrected chi connectivity index (χ0v) is 13.2. The van der Waals surface area contributed by atoms with Crippen molar-refractivity contribution in [2.24, 2.45) is 11.1 Å². The highest BCUT2D eigenvalue weighted by Gasteiger charge is 2.20. The minimum Gasteiger partial charge on any atom is -0.494 e. The van der Waals surface area contributed by atoms with Crippen LogP contribution in [0.5, 0.6) is 5.75 Å². The molecule has 0 aliphatic carbocycles. The molecule has 0 spiro atoms. The lowest BCUT2D eigenvalue weighted by Gasteiger charge is -2.22. The third-order valence-corrected chi connectivity index (χ3v) is 4.01. The molecule has 3 nitrogen and oxygen atoms in total. The van der Waals surface area contributed by atoms with Gasteiger partial charge in [-0.05, 0) is 42.9 Å². The lowest BCUT2D eigenvalue weighted by Crippen LogP contribution is -2.31. The van der Waals surface area contributed by atoms with Crippen LogP contribution in [0.1, 0.15) is 58.4 Å². The molecule has 3 N–H and O–H groups in total. The summed E-state index contributed by atoms with van der Waals surface area (Å²) in [6.07, 6.45) is 2.92. The summed E-state index contributed by atoms with van der Waals surface area (Å²) in [6, 6.07) is 8.36. The van der Waals surface area contributed by atoms with Crippen molar-refractivity contribution in [3.63, 3.8) is 0 Å². The first-order valence-corrected chi connectivity index (χ1v) is 7.44. The molecular weight excluding hydrogens is 248 g/mol. The molecule has 0 radical (unpaired) electrons. The molecule has 0 fully saturated rings. The maximum atomic E-state index is 7.52. The number of hydrogen-bond acceptors (Lipinski definition) is 2. The SMILES string of the molecule is CCC(C)c1ccc(OCCCC(C)(C)C(=N)N)cc1. The first-order chi connectivity index (χ1) is 9.36. The molecule has 0 aromatic heterocycles. The molecule has 1 aromatic rings. The van der Waals surface area contributed by atoms with Crippen molar-refractivity contribution in [3.8, 4) is 5.75 Å². The largest absolute Gasteiger partial charge is 0.494 e. The number of ether oxygens (including phenoxy) is 1. The monoisotopic (exact) mass is 276 g/mol. The van der Waals surface area contributed by atoms with Crippen LogP contribution in [-0.4, -0.2) is 12.4 Å². The highest BCUT2D eigenvalue weighted by Crippen LogP contribution is 2.23. The maximum Gasteiger partial charge on any atom is 0.119 e. The second-order valence-corrected chi connectivity index (χ2v) is 6.13. The van der Waals surface area contributed by atoms with Crippen LogP contribution in [0.4, 0.5) is 0 Å². The van der Waals surface area contributed by atoms with Gasteiger partial charge in [0, 0.05) is 5.41 Å². The Hall–Kier alpha value is -1.51. The Balaban J connectivity index is 2.38. The molecule has 3 heteroatoms. The third kappa shape index (κ3) is 4.87. The Labute approximate surface area is 123 Å². The van der Waals surface area contributed by atoms with Crippen LogP contribution in [0.2, 0.25) is 0 Å². The van der Waals surface area contributed by atoms with Crippen molar-refractivity contribution in [1.82, 2.24) is 0 Å². The fourth-order valence-electron chi connectivity index (χ4n) is 1.97. The predicted molar refractivity (Wildman–Crippen MR) is 85.6 cm³/mol. The maximum absolute atomic E-state index is 7.52. The molecular formula is C17H28N2O. The van der Waals surface area contributed by atoms with E-state index >= 15 is 0 Å². The van der Waals surface area contributed by atoms with Gasteiger partial charge >= 0.3 is 0 Å². The lowest BCUT2D eigenvalue weighted by atomic mass is 9.87. The van der Waals surface area contributed by atoms with Crippen molar-refractivity contribution in [2.75, 3.05) is 6.61 Å². The molecule has 20 heavy (non-hydrogen) atoms. The summed E-state index contributed by atoms with van der Waals surface area (Å²) < 4.78 is 5.74. The van der Waals surface area contributed by atoms with E-state index in [2.05, 4.69) is 26.0 Å². The van der Waals surface area contributed by atoms with Gasteiger partial charge in [-0.2, -0.15) is 0 Å². The van der Waals surface area contributed by atoms with Crippen LogP contribution >= 0.6 is 0 Å². The number of rotatable bonds is 8. The summed E-state index contributed by atoms with van der Waals surface area (Å²) in [4.78, 5) is 0. The smallest absolute Gasteiger partial charge is 0.119 e. The van der Waals surface area contributed by atoms with Crippen molar-refractivity contribution < 1.29 is 4.74 Å². The number of amidine groups is 1. The molecule has 1 unspecified atom stereocenters. The van der Waals surface area contributed by atoms with E-state index in [0.717, 1.165) is 25.0 Å². The van der Waals surface area contributed by atoms with Crippen LogP contribution in [0, 0.1) is 10.8 Å².